The molecule has 2 aromatic rings. The summed E-state index contributed by atoms with van der Waals surface area (Å²) in [6, 6.07) is 12.1. The van der Waals surface area contributed by atoms with Gasteiger partial charge in [-0.25, -0.2) is 9.78 Å². The quantitative estimate of drug-likeness (QED) is 0.218. The molecule has 1 aromatic heterocycles. The Balaban J connectivity index is 1.52. The van der Waals surface area contributed by atoms with Crippen molar-refractivity contribution in [1.82, 2.24) is 20.1 Å². The molecule has 0 unspecified atom stereocenters. The molecule has 4 rings (SSSR count). The summed E-state index contributed by atoms with van der Waals surface area (Å²) in [5, 5.41) is 2.81. The van der Waals surface area contributed by atoms with Crippen molar-refractivity contribution in [1.29, 1.82) is 0 Å². The van der Waals surface area contributed by atoms with Crippen LogP contribution in [0.25, 0.3) is 11.3 Å². The van der Waals surface area contributed by atoms with Crippen LogP contribution in [0.5, 0.6) is 0 Å². The molecule has 2 aliphatic heterocycles. The second kappa shape index (κ2) is 16.2. The number of hydrogen-bond acceptors (Lipinski definition) is 8. The van der Waals surface area contributed by atoms with Crippen molar-refractivity contribution >= 4 is 31.2 Å². The number of rotatable bonds is 13. The minimum atomic E-state index is -4.30. The number of anilines is 1. The predicted molar refractivity (Wildman–Crippen MR) is 169 cm³/mol. The summed E-state index contributed by atoms with van der Waals surface area (Å²) in [7, 11) is -2.62. The van der Waals surface area contributed by atoms with E-state index in [9.17, 15) is 28.7 Å². The Labute approximate surface area is 264 Å². The van der Waals surface area contributed by atoms with Crippen LogP contribution in [-0.4, -0.2) is 114 Å². The van der Waals surface area contributed by atoms with Gasteiger partial charge in [-0.3, -0.25) is 14.2 Å². The topological polar surface area (TPSA) is 162 Å². The number of nitrogens with one attached hydrogen (secondary N) is 1. The van der Waals surface area contributed by atoms with Crippen molar-refractivity contribution in [3.8, 4) is 11.3 Å². The van der Waals surface area contributed by atoms with Crippen LogP contribution in [0.15, 0.2) is 42.5 Å². The minimum absolute atomic E-state index is 0.0274. The van der Waals surface area contributed by atoms with E-state index in [0.29, 0.717) is 18.8 Å². The molecular weight excluding hydrogens is 601 g/mol. The Hall–Kier alpha value is -3.51. The van der Waals surface area contributed by atoms with Gasteiger partial charge in [0.25, 0.3) is 5.91 Å². The standard InChI is InChI=1S/C31H44N5O8P/c1-3-4-18-44-31(39)35-16-14-34(15-17-35)30(38)26(11-8-19-45(40,41)42)33-29(37)28-21-24(36-13-12-25(22-36)43-2)20-27(32-28)23-9-6-5-7-10-23/h5-7,9-10,20-21,25-26H,3-4,8,11-19,22H2,1-2H3,(H,33,37)(H2,40,41,42)/t25-,26-/m0/s1. The van der Waals surface area contributed by atoms with Crippen molar-refractivity contribution in [3.63, 3.8) is 0 Å². The highest BCUT2D eigenvalue weighted by Crippen LogP contribution is 2.35. The molecule has 0 aliphatic carbocycles. The number of hydrogen-bond donors (Lipinski definition) is 3. The van der Waals surface area contributed by atoms with Crippen LogP contribution in [0, 0.1) is 0 Å². The number of unbranched alkanes of at least 4 members (excludes halogenated alkanes) is 1. The lowest BCUT2D eigenvalue weighted by Gasteiger charge is -2.36. The summed E-state index contributed by atoms with van der Waals surface area (Å²) in [5.41, 5.74) is 2.36. The summed E-state index contributed by atoms with van der Waals surface area (Å²) < 4.78 is 22.4. The maximum atomic E-state index is 13.7. The molecule has 1 aromatic carbocycles. The molecule has 0 spiro atoms. The summed E-state index contributed by atoms with van der Waals surface area (Å²) in [6.45, 7) is 4.81. The van der Waals surface area contributed by atoms with Crippen molar-refractivity contribution in [2.75, 3.05) is 64.0 Å². The van der Waals surface area contributed by atoms with E-state index < -0.39 is 31.8 Å². The molecule has 0 bridgehead atoms. The molecule has 2 aliphatic rings. The van der Waals surface area contributed by atoms with Crippen molar-refractivity contribution < 1.29 is 38.2 Å². The van der Waals surface area contributed by atoms with Gasteiger partial charge in [-0.15, -0.1) is 0 Å². The first-order valence-corrected chi connectivity index (χ1v) is 17.3. The summed E-state index contributed by atoms with van der Waals surface area (Å²) >= 11 is 0. The van der Waals surface area contributed by atoms with Gasteiger partial charge in [-0.05, 0) is 37.8 Å². The zero-order valence-electron chi connectivity index (χ0n) is 26.0. The molecule has 0 radical (unpaired) electrons. The lowest BCUT2D eigenvalue weighted by molar-refractivity contribution is -0.135. The normalized spacial score (nSPS) is 17.7. The molecule has 2 atom stereocenters. The summed E-state index contributed by atoms with van der Waals surface area (Å²) in [4.78, 5) is 68.5. The van der Waals surface area contributed by atoms with Gasteiger partial charge in [0.2, 0.25) is 5.91 Å². The predicted octanol–water partition coefficient (Wildman–Crippen LogP) is 3.11. The number of carbonyl (C=O) groups excluding carboxylic acids is 3. The van der Waals surface area contributed by atoms with Gasteiger partial charge >= 0.3 is 13.7 Å². The fourth-order valence-electron chi connectivity index (χ4n) is 5.44. The van der Waals surface area contributed by atoms with Crippen molar-refractivity contribution in [2.45, 2.75) is 51.2 Å². The average molecular weight is 646 g/mol. The van der Waals surface area contributed by atoms with Crippen LogP contribution in [0.4, 0.5) is 10.5 Å². The number of piperazine rings is 1. The molecule has 3 amide bonds. The van der Waals surface area contributed by atoms with Crippen LogP contribution < -0.4 is 10.2 Å². The smallest absolute Gasteiger partial charge is 0.409 e. The van der Waals surface area contributed by atoms with Crippen LogP contribution >= 0.6 is 7.60 Å². The average Bonchev–Trinajstić information content (AvgIpc) is 3.53. The number of carbonyl (C=O) groups is 3. The highest BCUT2D eigenvalue weighted by atomic mass is 31.2. The van der Waals surface area contributed by atoms with Gasteiger partial charge in [0, 0.05) is 63.8 Å². The monoisotopic (exact) mass is 645 g/mol. The minimum Gasteiger partial charge on any atom is -0.449 e. The van der Waals surface area contributed by atoms with Gasteiger partial charge in [0.1, 0.15) is 11.7 Å². The molecule has 13 nitrogen and oxygen atoms in total. The van der Waals surface area contributed by atoms with E-state index in [4.69, 9.17) is 9.47 Å². The molecule has 3 N–H and O–H groups in total. The van der Waals surface area contributed by atoms with E-state index in [1.165, 1.54) is 0 Å². The van der Waals surface area contributed by atoms with Gasteiger partial charge in [-0.2, -0.15) is 0 Å². The van der Waals surface area contributed by atoms with Crippen LogP contribution in [-0.2, 0) is 18.8 Å². The Morgan fingerprint density at radius 3 is 2.40 bits per heavy atom. The van der Waals surface area contributed by atoms with E-state index in [-0.39, 0.29) is 56.7 Å². The van der Waals surface area contributed by atoms with E-state index in [1.54, 1.807) is 23.0 Å². The molecule has 0 saturated carbocycles. The van der Waals surface area contributed by atoms with E-state index in [0.717, 1.165) is 37.1 Å². The van der Waals surface area contributed by atoms with Crippen molar-refractivity contribution in [3.05, 3.63) is 48.2 Å². The van der Waals surface area contributed by atoms with E-state index in [2.05, 4.69) is 15.2 Å². The Morgan fingerprint density at radius 1 is 1.04 bits per heavy atom. The first kappa shape index (κ1) is 34.4. The van der Waals surface area contributed by atoms with Crippen LogP contribution in [0.1, 0.15) is 49.5 Å². The highest BCUT2D eigenvalue weighted by molar-refractivity contribution is 7.51. The molecule has 3 heterocycles. The maximum absolute atomic E-state index is 13.7. The number of pyridine rings is 1. The van der Waals surface area contributed by atoms with E-state index in [1.807, 2.05) is 43.3 Å². The third-order valence-corrected chi connectivity index (χ3v) is 8.97. The molecule has 2 fully saturated rings. The first-order chi connectivity index (χ1) is 21.6. The fourth-order valence-corrected chi connectivity index (χ4v) is 6.04. The zero-order chi connectivity index (χ0) is 32.4. The first-order valence-electron chi connectivity index (χ1n) is 15.5. The third kappa shape index (κ3) is 9.99. The number of amides is 3. The van der Waals surface area contributed by atoms with Crippen molar-refractivity contribution in [2.24, 2.45) is 0 Å². The maximum Gasteiger partial charge on any atom is 0.409 e. The highest BCUT2D eigenvalue weighted by Gasteiger charge is 2.32. The number of aromatic nitrogens is 1. The Kier molecular flexibility index (Phi) is 12.3. The van der Waals surface area contributed by atoms with Crippen LogP contribution in [0.3, 0.4) is 0 Å². The van der Waals surface area contributed by atoms with Gasteiger partial charge in [0.15, 0.2) is 0 Å². The second-order valence-corrected chi connectivity index (χ2v) is 13.2. The third-order valence-electron chi connectivity index (χ3n) is 8.07. The van der Waals surface area contributed by atoms with Gasteiger partial charge < -0.3 is 39.3 Å². The fraction of sp³-hybridized carbons (Fsp3) is 0.548. The Bertz CT molecular complexity index is 1350. The second-order valence-electron chi connectivity index (χ2n) is 11.4. The lowest BCUT2D eigenvalue weighted by atomic mass is 10.1. The summed E-state index contributed by atoms with van der Waals surface area (Å²) in [6.07, 6.45) is 1.83. The summed E-state index contributed by atoms with van der Waals surface area (Å²) in [5.74, 6) is -0.945. The van der Waals surface area contributed by atoms with Gasteiger partial charge in [0.05, 0.1) is 18.4 Å². The number of benzene rings is 1. The van der Waals surface area contributed by atoms with E-state index >= 15 is 0 Å². The van der Waals surface area contributed by atoms with Crippen LogP contribution in [0.2, 0.25) is 0 Å². The zero-order valence-corrected chi connectivity index (χ0v) is 26.9. The molecule has 14 heteroatoms. The number of ether oxygens (including phenoxy) is 2. The molecule has 45 heavy (non-hydrogen) atoms. The molecular formula is C31H44N5O8P. The molecule has 246 valence electrons. The largest absolute Gasteiger partial charge is 0.449 e. The number of methoxy groups -OCH3 is 1. The Morgan fingerprint density at radius 2 is 1.76 bits per heavy atom. The SMILES string of the molecule is CCCCOC(=O)N1CCN(C(=O)[C@H](CCCP(=O)(O)O)NC(=O)c2cc(N3CC[C@H](OC)C3)cc(-c3ccccc3)n2)CC1. The number of nitrogens with zero attached hydrogens (tertiary/aromatic N) is 4. The van der Waals surface area contributed by atoms with Gasteiger partial charge in [-0.1, -0.05) is 43.7 Å². The molecule has 2 saturated heterocycles. The lowest BCUT2D eigenvalue weighted by Crippen LogP contribution is -2.56.